The minimum atomic E-state index is 0.660. The molecule has 0 aliphatic carbocycles. The summed E-state index contributed by atoms with van der Waals surface area (Å²) in [5.74, 6) is 5.94. The number of fused-ring (bicyclic) bond motifs is 3. The molecular formula is C19H25N7. The molecular weight excluding hydrogens is 326 g/mol. The normalized spacial score (nSPS) is 16.2. The number of rotatable bonds is 3. The van der Waals surface area contributed by atoms with Gasteiger partial charge in [-0.15, -0.1) is 0 Å². The maximum atomic E-state index is 6.00. The fraction of sp³-hybridized carbons (Fsp3) is 0.316. The molecule has 1 saturated heterocycles. The van der Waals surface area contributed by atoms with E-state index in [2.05, 4.69) is 39.5 Å². The van der Waals surface area contributed by atoms with E-state index in [1.807, 2.05) is 13.1 Å². The Kier molecular flexibility index (Phi) is 4.18. The van der Waals surface area contributed by atoms with E-state index in [9.17, 15) is 0 Å². The molecule has 3 heterocycles. The molecule has 0 amide bonds. The van der Waals surface area contributed by atoms with Crippen LogP contribution in [0, 0.1) is 0 Å². The minimum absolute atomic E-state index is 0.660. The largest absolute Gasteiger partial charge is 0.401 e. The zero-order chi connectivity index (χ0) is 18.3. The molecule has 4 rings (SSSR count). The van der Waals surface area contributed by atoms with Gasteiger partial charge >= 0.3 is 0 Å². The summed E-state index contributed by atoms with van der Waals surface area (Å²) in [6.07, 6.45) is 1.84. The number of nitrogens with two attached hydrogens (primary N) is 2. The molecule has 0 spiro atoms. The third-order valence-corrected chi connectivity index (χ3v) is 4.90. The van der Waals surface area contributed by atoms with Crippen molar-refractivity contribution in [2.24, 2.45) is 11.6 Å². The summed E-state index contributed by atoms with van der Waals surface area (Å²) >= 11 is 0. The number of pyridine rings is 1. The van der Waals surface area contributed by atoms with Gasteiger partial charge in [-0.3, -0.25) is 4.98 Å². The lowest BCUT2D eigenvalue weighted by atomic mass is 10.1. The van der Waals surface area contributed by atoms with Gasteiger partial charge in [0, 0.05) is 67.3 Å². The number of aromatic amines is 1. The van der Waals surface area contributed by atoms with E-state index in [-0.39, 0.29) is 0 Å². The molecule has 26 heavy (non-hydrogen) atoms. The molecule has 0 atom stereocenters. The molecule has 2 aromatic heterocycles. The Morgan fingerprint density at radius 2 is 1.96 bits per heavy atom. The van der Waals surface area contributed by atoms with Gasteiger partial charge in [-0.2, -0.15) is 0 Å². The van der Waals surface area contributed by atoms with E-state index in [4.69, 9.17) is 16.6 Å². The number of anilines is 1. The molecule has 1 aromatic carbocycles. The van der Waals surface area contributed by atoms with Gasteiger partial charge < -0.3 is 25.9 Å². The van der Waals surface area contributed by atoms with Crippen LogP contribution in [0.4, 0.5) is 5.69 Å². The summed E-state index contributed by atoms with van der Waals surface area (Å²) in [5, 5.41) is 6.06. The van der Waals surface area contributed by atoms with Crippen LogP contribution in [0.5, 0.6) is 0 Å². The van der Waals surface area contributed by atoms with Gasteiger partial charge in [0.05, 0.1) is 16.7 Å². The SMILES string of the molecule is C/C(N)=C(\c1cnc2c(c1)[nH]c1ccc(N3CCNCC3)cc12)N(C)N. The van der Waals surface area contributed by atoms with Crippen LogP contribution in [0.15, 0.2) is 36.2 Å². The van der Waals surface area contributed by atoms with E-state index in [0.29, 0.717) is 5.70 Å². The molecule has 1 aliphatic heterocycles. The Morgan fingerprint density at radius 1 is 1.19 bits per heavy atom. The summed E-state index contributed by atoms with van der Waals surface area (Å²) in [4.78, 5) is 10.6. The van der Waals surface area contributed by atoms with Crippen LogP contribution >= 0.6 is 0 Å². The maximum absolute atomic E-state index is 6.00. The molecule has 7 heteroatoms. The second kappa shape index (κ2) is 6.51. The minimum Gasteiger partial charge on any atom is -0.401 e. The number of H-pyrrole nitrogens is 1. The molecule has 7 nitrogen and oxygen atoms in total. The molecule has 0 saturated carbocycles. The Balaban J connectivity index is 1.80. The zero-order valence-corrected chi connectivity index (χ0v) is 15.2. The molecule has 3 aromatic rings. The van der Waals surface area contributed by atoms with Crippen LogP contribution in [0.25, 0.3) is 27.6 Å². The van der Waals surface area contributed by atoms with Crippen LogP contribution in [0.3, 0.4) is 0 Å². The number of benzene rings is 1. The number of nitrogens with zero attached hydrogens (tertiary/aromatic N) is 3. The number of allylic oxidation sites excluding steroid dienone is 1. The number of piperazine rings is 1. The maximum Gasteiger partial charge on any atom is 0.0958 e. The highest BCUT2D eigenvalue weighted by Gasteiger charge is 2.15. The van der Waals surface area contributed by atoms with Crippen molar-refractivity contribution in [2.45, 2.75) is 6.92 Å². The monoisotopic (exact) mass is 351 g/mol. The first-order valence-electron chi connectivity index (χ1n) is 8.87. The topological polar surface area (TPSA) is 99.2 Å². The van der Waals surface area contributed by atoms with Crippen molar-refractivity contribution in [3.05, 3.63) is 41.7 Å². The Morgan fingerprint density at radius 3 is 2.65 bits per heavy atom. The number of hydrogen-bond acceptors (Lipinski definition) is 6. The fourth-order valence-corrected chi connectivity index (χ4v) is 3.72. The van der Waals surface area contributed by atoms with Gasteiger partial charge in [-0.25, -0.2) is 5.84 Å². The fourth-order valence-electron chi connectivity index (χ4n) is 3.72. The molecule has 1 aliphatic rings. The van der Waals surface area contributed by atoms with Crippen LogP contribution in [-0.2, 0) is 0 Å². The molecule has 1 fully saturated rings. The van der Waals surface area contributed by atoms with Gasteiger partial charge in [0.25, 0.3) is 0 Å². The summed E-state index contributed by atoms with van der Waals surface area (Å²) < 4.78 is 0. The van der Waals surface area contributed by atoms with Crippen molar-refractivity contribution in [1.82, 2.24) is 20.3 Å². The summed E-state index contributed by atoms with van der Waals surface area (Å²) in [7, 11) is 1.78. The van der Waals surface area contributed by atoms with Gasteiger partial charge in [0.1, 0.15) is 0 Å². The Bertz CT molecular complexity index is 976. The highest BCUT2D eigenvalue weighted by atomic mass is 15.4. The summed E-state index contributed by atoms with van der Waals surface area (Å²) in [6.45, 7) is 5.94. The number of hydrogen-bond donors (Lipinski definition) is 4. The standard InChI is InChI=1S/C19H25N7/c1-12(20)19(25(2)21)13-9-17-18(23-11-13)15-10-14(3-4-16(15)24-17)26-7-5-22-6-8-26/h3-4,9-11,22,24H,5-8,20-21H2,1-2H3/b19-12-. The molecule has 136 valence electrons. The molecule has 6 N–H and O–H groups in total. The van der Waals surface area contributed by atoms with E-state index in [0.717, 1.165) is 59.4 Å². The second-order valence-electron chi connectivity index (χ2n) is 6.85. The Labute approximate surface area is 152 Å². The van der Waals surface area contributed by atoms with E-state index in [1.165, 1.54) is 10.7 Å². The lowest BCUT2D eigenvalue weighted by molar-refractivity contribution is 0.507. The van der Waals surface area contributed by atoms with Crippen molar-refractivity contribution in [3.63, 3.8) is 0 Å². The lowest BCUT2D eigenvalue weighted by Gasteiger charge is -2.29. The van der Waals surface area contributed by atoms with Crippen molar-refractivity contribution >= 4 is 33.3 Å². The van der Waals surface area contributed by atoms with Gasteiger partial charge in [0.15, 0.2) is 0 Å². The predicted molar refractivity (Wildman–Crippen MR) is 107 cm³/mol. The van der Waals surface area contributed by atoms with Crippen molar-refractivity contribution < 1.29 is 0 Å². The van der Waals surface area contributed by atoms with Gasteiger partial charge in [-0.1, -0.05) is 0 Å². The predicted octanol–water partition coefficient (Wildman–Crippen LogP) is 1.58. The van der Waals surface area contributed by atoms with Crippen molar-refractivity contribution in [2.75, 3.05) is 38.1 Å². The first-order chi connectivity index (χ1) is 12.5. The highest BCUT2D eigenvalue weighted by molar-refractivity contribution is 6.06. The average molecular weight is 351 g/mol. The van der Waals surface area contributed by atoms with Crippen LogP contribution in [-0.4, -0.2) is 48.2 Å². The Hall–Kier alpha value is -2.77. The van der Waals surface area contributed by atoms with Gasteiger partial charge in [0.2, 0.25) is 0 Å². The summed E-state index contributed by atoms with van der Waals surface area (Å²) in [5.41, 5.74) is 12.6. The third-order valence-electron chi connectivity index (χ3n) is 4.90. The smallest absolute Gasteiger partial charge is 0.0958 e. The number of hydrazine groups is 1. The quantitative estimate of drug-likeness (QED) is 0.422. The van der Waals surface area contributed by atoms with E-state index < -0.39 is 0 Å². The lowest BCUT2D eigenvalue weighted by Crippen LogP contribution is -2.43. The van der Waals surface area contributed by atoms with Crippen molar-refractivity contribution in [1.29, 1.82) is 0 Å². The molecule has 0 unspecified atom stereocenters. The van der Waals surface area contributed by atoms with Gasteiger partial charge in [-0.05, 0) is 31.2 Å². The average Bonchev–Trinajstić information content (AvgIpc) is 2.99. The third kappa shape index (κ3) is 2.85. The first kappa shape index (κ1) is 16.7. The second-order valence-corrected chi connectivity index (χ2v) is 6.85. The molecule has 0 bridgehead atoms. The highest BCUT2D eigenvalue weighted by Crippen LogP contribution is 2.30. The number of nitrogens with one attached hydrogen (secondary N) is 2. The molecule has 0 radical (unpaired) electrons. The van der Waals surface area contributed by atoms with E-state index in [1.54, 1.807) is 7.05 Å². The van der Waals surface area contributed by atoms with Crippen LogP contribution in [0.1, 0.15) is 12.5 Å². The zero-order valence-electron chi connectivity index (χ0n) is 15.2. The summed E-state index contributed by atoms with van der Waals surface area (Å²) in [6, 6.07) is 8.59. The van der Waals surface area contributed by atoms with E-state index >= 15 is 0 Å². The van der Waals surface area contributed by atoms with Crippen molar-refractivity contribution in [3.8, 4) is 0 Å². The first-order valence-corrected chi connectivity index (χ1v) is 8.87. The number of aromatic nitrogens is 2. The van der Waals surface area contributed by atoms with Crippen LogP contribution < -0.4 is 21.8 Å². The van der Waals surface area contributed by atoms with Crippen LogP contribution in [0.2, 0.25) is 0 Å².